The van der Waals surface area contributed by atoms with Gasteiger partial charge in [0.05, 0.1) is 24.3 Å². The van der Waals surface area contributed by atoms with Crippen molar-refractivity contribution in [1.29, 1.82) is 0 Å². The van der Waals surface area contributed by atoms with Gasteiger partial charge in [0, 0.05) is 33.6 Å². The molecule has 192 valence electrons. The molecule has 2 aromatic carbocycles. The van der Waals surface area contributed by atoms with Crippen molar-refractivity contribution >= 4 is 33.4 Å². The molecule has 35 heavy (non-hydrogen) atoms. The average Bonchev–Trinajstić information content (AvgIpc) is 3.04. The van der Waals surface area contributed by atoms with Crippen LogP contribution < -0.4 is 16.4 Å². The number of hydrogen-bond acceptors (Lipinski definition) is 5. The molecule has 6 nitrogen and oxygen atoms in total. The molecule has 9 heteroatoms. The molecular weight excluding hydrogens is 537 g/mol. The second kappa shape index (κ2) is 11.2. The van der Waals surface area contributed by atoms with Crippen LogP contribution >= 0.6 is 27.5 Å². The van der Waals surface area contributed by atoms with Crippen molar-refractivity contribution in [1.82, 2.24) is 10.6 Å². The van der Waals surface area contributed by atoms with Gasteiger partial charge in [-0.1, -0.05) is 66.5 Å². The SMILES string of the molecule is CC(C)(C)C[C@@H]1N[C@H](C(=O)NCC[C@H](O)CO)[C@H](c2cccc(Br)c2)[C@@]1(N)c1ccc(Cl)cc1F. The number of aliphatic hydroxyl groups excluding tert-OH is 2. The molecule has 6 N–H and O–H groups in total. The monoisotopic (exact) mass is 569 g/mol. The highest BCUT2D eigenvalue weighted by atomic mass is 79.9. The van der Waals surface area contributed by atoms with E-state index < -0.39 is 35.5 Å². The van der Waals surface area contributed by atoms with E-state index in [1.54, 1.807) is 12.1 Å². The lowest BCUT2D eigenvalue weighted by Gasteiger charge is -2.39. The van der Waals surface area contributed by atoms with Gasteiger partial charge in [-0.05, 0) is 48.1 Å². The van der Waals surface area contributed by atoms with Gasteiger partial charge in [-0.3, -0.25) is 4.79 Å². The van der Waals surface area contributed by atoms with Gasteiger partial charge in [-0.25, -0.2) is 4.39 Å². The zero-order chi connectivity index (χ0) is 26.0. The van der Waals surface area contributed by atoms with Gasteiger partial charge in [-0.2, -0.15) is 0 Å². The molecule has 0 aliphatic carbocycles. The molecule has 2 aromatic rings. The maximum absolute atomic E-state index is 15.4. The predicted molar refractivity (Wildman–Crippen MR) is 140 cm³/mol. The van der Waals surface area contributed by atoms with Crippen LogP contribution in [0, 0.1) is 11.2 Å². The molecule has 0 unspecified atom stereocenters. The lowest BCUT2D eigenvalue weighted by Crippen LogP contribution is -2.52. The largest absolute Gasteiger partial charge is 0.394 e. The quantitative estimate of drug-likeness (QED) is 0.332. The van der Waals surface area contributed by atoms with E-state index in [0.717, 1.165) is 10.0 Å². The van der Waals surface area contributed by atoms with Gasteiger partial charge in [0.1, 0.15) is 5.82 Å². The zero-order valence-corrected chi connectivity index (χ0v) is 22.5. The molecule has 1 saturated heterocycles. The number of carbonyl (C=O) groups excluding carboxylic acids is 1. The van der Waals surface area contributed by atoms with E-state index in [9.17, 15) is 9.90 Å². The van der Waals surface area contributed by atoms with Crippen molar-refractivity contribution in [2.75, 3.05) is 13.2 Å². The summed E-state index contributed by atoms with van der Waals surface area (Å²) < 4.78 is 16.2. The minimum absolute atomic E-state index is 0.163. The summed E-state index contributed by atoms with van der Waals surface area (Å²) in [5, 5.41) is 25.3. The lowest BCUT2D eigenvalue weighted by atomic mass is 9.68. The normalized spacial score (nSPS) is 25.5. The van der Waals surface area contributed by atoms with Gasteiger partial charge in [0.2, 0.25) is 5.91 Å². The van der Waals surface area contributed by atoms with E-state index in [-0.39, 0.29) is 35.9 Å². The number of amides is 1. The molecule has 1 fully saturated rings. The van der Waals surface area contributed by atoms with E-state index >= 15 is 4.39 Å². The van der Waals surface area contributed by atoms with Crippen molar-refractivity contribution in [3.63, 3.8) is 0 Å². The third-order valence-electron chi connectivity index (χ3n) is 6.50. The topological polar surface area (TPSA) is 108 Å². The fourth-order valence-corrected chi connectivity index (χ4v) is 5.51. The molecule has 5 atom stereocenters. The first kappa shape index (κ1) is 28.0. The van der Waals surface area contributed by atoms with Crippen LogP contribution in [0.4, 0.5) is 4.39 Å². The molecule has 1 aliphatic heterocycles. The molecule has 1 heterocycles. The third kappa shape index (κ3) is 6.42. The molecule has 0 radical (unpaired) electrons. The highest BCUT2D eigenvalue weighted by Crippen LogP contribution is 2.49. The first-order chi connectivity index (χ1) is 16.4. The first-order valence-electron chi connectivity index (χ1n) is 11.7. The predicted octanol–water partition coefficient (Wildman–Crippen LogP) is 3.82. The summed E-state index contributed by atoms with van der Waals surface area (Å²) in [4.78, 5) is 13.5. The maximum Gasteiger partial charge on any atom is 0.237 e. The highest BCUT2D eigenvalue weighted by molar-refractivity contribution is 9.10. The molecule has 0 saturated carbocycles. The fraction of sp³-hybridized carbons (Fsp3) is 0.500. The van der Waals surface area contributed by atoms with Gasteiger partial charge in [0.15, 0.2) is 0 Å². The average molecular weight is 571 g/mol. The Morgan fingerprint density at radius 2 is 2.03 bits per heavy atom. The molecule has 0 spiro atoms. The Morgan fingerprint density at radius 1 is 1.31 bits per heavy atom. The Morgan fingerprint density at radius 3 is 2.63 bits per heavy atom. The van der Waals surface area contributed by atoms with Crippen LogP contribution in [0.2, 0.25) is 5.02 Å². The van der Waals surface area contributed by atoms with E-state index in [1.807, 2.05) is 24.3 Å². The summed E-state index contributed by atoms with van der Waals surface area (Å²) in [5.41, 5.74) is 6.87. The third-order valence-corrected chi connectivity index (χ3v) is 7.23. The Hall–Kier alpha value is -1.55. The summed E-state index contributed by atoms with van der Waals surface area (Å²) in [6.07, 6.45) is -0.122. The molecule has 1 aliphatic rings. The fourth-order valence-electron chi connectivity index (χ4n) is 4.94. The van der Waals surface area contributed by atoms with E-state index in [2.05, 4.69) is 47.3 Å². The number of nitrogens with two attached hydrogens (primary N) is 1. The van der Waals surface area contributed by atoms with Crippen LogP contribution in [0.5, 0.6) is 0 Å². The van der Waals surface area contributed by atoms with E-state index in [0.29, 0.717) is 12.0 Å². The highest BCUT2D eigenvalue weighted by Gasteiger charge is 2.57. The van der Waals surface area contributed by atoms with Gasteiger partial charge in [0.25, 0.3) is 0 Å². The molecule has 0 aromatic heterocycles. The van der Waals surface area contributed by atoms with Crippen LogP contribution in [0.15, 0.2) is 46.9 Å². The van der Waals surface area contributed by atoms with Crippen molar-refractivity contribution in [2.45, 2.75) is 63.3 Å². The number of carbonyl (C=O) groups is 1. The van der Waals surface area contributed by atoms with Crippen LogP contribution in [-0.2, 0) is 10.3 Å². The van der Waals surface area contributed by atoms with Gasteiger partial charge >= 0.3 is 0 Å². The molecular formula is C26H34BrClFN3O3. The lowest BCUT2D eigenvalue weighted by molar-refractivity contribution is -0.123. The number of nitrogens with one attached hydrogen (secondary N) is 2. The van der Waals surface area contributed by atoms with Gasteiger partial charge < -0.3 is 26.6 Å². The Bertz CT molecular complexity index is 1050. The second-order valence-corrected chi connectivity index (χ2v) is 11.8. The minimum atomic E-state index is -1.27. The number of rotatable bonds is 8. The Kier molecular flexibility index (Phi) is 9.00. The summed E-state index contributed by atoms with van der Waals surface area (Å²) in [7, 11) is 0. The zero-order valence-electron chi connectivity index (χ0n) is 20.2. The number of halogens is 3. The number of aliphatic hydroxyl groups is 2. The molecule has 0 bridgehead atoms. The number of hydrogen-bond donors (Lipinski definition) is 5. The molecule has 1 amide bonds. The van der Waals surface area contributed by atoms with Crippen molar-refractivity contribution < 1.29 is 19.4 Å². The maximum atomic E-state index is 15.4. The van der Waals surface area contributed by atoms with Crippen molar-refractivity contribution in [2.24, 2.45) is 11.1 Å². The van der Waals surface area contributed by atoms with Crippen molar-refractivity contribution in [3.05, 3.63) is 68.9 Å². The van der Waals surface area contributed by atoms with Crippen LogP contribution in [0.1, 0.15) is 50.7 Å². The summed E-state index contributed by atoms with van der Waals surface area (Å²) in [5.74, 6) is -1.43. The summed E-state index contributed by atoms with van der Waals surface area (Å²) in [6, 6.07) is 10.8. The Balaban J connectivity index is 2.12. The summed E-state index contributed by atoms with van der Waals surface area (Å²) >= 11 is 9.56. The van der Waals surface area contributed by atoms with E-state index in [1.165, 1.54) is 6.07 Å². The van der Waals surface area contributed by atoms with Gasteiger partial charge in [-0.15, -0.1) is 0 Å². The van der Waals surface area contributed by atoms with Crippen LogP contribution in [0.25, 0.3) is 0 Å². The van der Waals surface area contributed by atoms with Crippen LogP contribution in [-0.4, -0.2) is 47.5 Å². The van der Waals surface area contributed by atoms with Crippen molar-refractivity contribution in [3.8, 4) is 0 Å². The molecule has 3 rings (SSSR count). The number of benzene rings is 2. The standard InChI is InChI=1S/C26H34BrClFN3O3/c1-25(2,3)13-21-26(30,19-8-7-17(28)12-20(19)29)22(15-5-4-6-16(27)11-15)23(32-21)24(35)31-10-9-18(34)14-33/h4-8,11-12,18,21-23,32-34H,9-10,13-14,30H2,1-3H3,(H,31,35)/t18-,21-,22-,23-,26+/m0/s1. The minimum Gasteiger partial charge on any atom is -0.394 e. The van der Waals surface area contributed by atoms with E-state index in [4.69, 9.17) is 22.4 Å². The Labute approximate surface area is 219 Å². The second-order valence-electron chi connectivity index (χ2n) is 10.5. The van der Waals surface area contributed by atoms with Crippen LogP contribution in [0.3, 0.4) is 0 Å². The first-order valence-corrected chi connectivity index (χ1v) is 12.9. The smallest absolute Gasteiger partial charge is 0.237 e. The summed E-state index contributed by atoms with van der Waals surface area (Å²) in [6.45, 7) is 6.02.